The van der Waals surface area contributed by atoms with Crippen LogP contribution in [-0.2, 0) is 0 Å². The van der Waals surface area contributed by atoms with Crippen molar-refractivity contribution in [3.8, 4) is 0 Å². The molecule has 0 aliphatic heterocycles. The van der Waals surface area contributed by atoms with Gasteiger partial charge in [-0.2, -0.15) is 0 Å². The summed E-state index contributed by atoms with van der Waals surface area (Å²) in [7, 11) is 0. The SMILES string of the molecule is Cc1ccc(C)nc1.Cc1cccc(C)n1.Cc1ccnc(C)n1.Cc1ccnc(C)n1.Cc1cnc(C)cn1.Cc1cnc(C)nc1.Cc1cncc(C)n1.Cc1ncnc(C)n1. The molecule has 15 heteroatoms. The fourth-order valence-electron chi connectivity index (χ4n) is 4.36. The Hall–Kier alpha value is -7.29. The van der Waals surface area contributed by atoms with Crippen molar-refractivity contribution in [2.75, 3.05) is 0 Å². The highest BCUT2D eigenvalue weighted by Gasteiger charge is 1.88. The summed E-state index contributed by atoms with van der Waals surface area (Å²) in [6.07, 6.45) is 17.5. The molecule has 0 N–H and O–H groups in total. The van der Waals surface area contributed by atoms with E-state index in [0.29, 0.717) is 0 Å². The van der Waals surface area contributed by atoms with Crippen molar-refractivity contribution in [1.82, 2.24) is 74.8 Å². The highest BCUT2D eigenvalue weighted by atomic mass is 15.0. The monoisotopic (exact) mass is 864 g/mol. The first-order valence-electron chi connectivity index (χ1n) is 20.5. The van der Waals surface area contributed by atoms with E-state index in [4.69, 9.17) is 0 Å². The average molecular weight is 864 g/mol. The number of rotatable bonds is 0. The number of nitrogens with zero attached hydrogens (tertiary/aromatic N) is 15. The van der Waals surface area contributed by atoms with Crippen molar-refractivity contribution < 1.29 is 0 Å². The Bertz CT molecular complexity index is 1950. The van der Waals surface area contributed by atoms with Gasteiger partial charge in [-0.3, -0.25) is 29.9 Å². The molecule has 0 unspecified atom stereocenters. The second kappa shape index (κ2) is 31.5. The molecule has 0 aromatic carbocycles. The molecule has 8 aromatic rings. The second-order valence-electron chi connectivity index (χ2n) is 14.4. The minimum absolute atomic E-state index is 0.775. The number of hydrogen-bond acceptors (Lipinski definition) is 15. The molecule has 8 rings (SSSR count). The van der Waals surface area contributed by atoms with Crippen molar-refractivity contribution in [2.24, 2.45) is 0 Å². The molecule has 336 valence electrons. The standard InChI is InChI=1S/2C7H9N.5C6H8N2.C5H7N3/c1-6-3-4-7(2)8-5-6;1-6-4-3-5-7(2)8-6;1-5-3-8-6(2)4-7-5;1-5-3-7-4-6(2)8-5;1-5-3-7-6(2)8-4-5;2*1-5-3-4-7-6(2)8-5;1-4-6-3-7-5(2)8-4/h2*3-5H,1-2H3;5*3-4H,1-2H3;3H,1-2H3. The lowest BCUT2D eigenvalue weighted by Gasteiger charge is -1.90. The highest BCUT2D eigenvalue weighted by molar-refractivity contribution is 5.11. The van der Waals surface area contributed by atoms with E-state index in [2.05, 4.69) is 80.8 Å². The maximum Gasteiger partial charge on any atom is 0.129 e. The first-order valence-corrected chi connectivity index (χ1v) is 20.5. The Kier molecular flexibility index (Phi) is 27.0. The largest absolute Gasteiger partial charge is 0.261 e. The third kappa shape index (κ3) is 29.9. The van der Waals surface area contributed by atoms with Crippen LogP contribution in [0.1, 0.15) is 91.5 Å². The van der Waals surface area contributed by atoms with E-state index >= 15 is 0 Å². The van der Waals surface area contributed by atoms with Crippen LogP contribution in [0.4, 0.5) is 0 Å². The van der Waals surface area contributed by atoms with Gasteiger partial charge in [0, 0.05) is 84.2 Å². The molecule has 15 nitrogen and oxygen atoms in total. The van der Waals surface area contributed by atoms with Gasteiger partial charge in [0.1, 0.15) is 35.4 Å². The molecule has 0 atom stereocenters. The Morgan fingerprint density at radius 2 is 0.656 bits per heavy atom. The number of aromatic nitrogens is 15. The van der Waals surface area contributed by atoms with E-state index < -0.39 is 0 Å². The molecule has 0 amide bonds. The molecule has 0 aliphatic carbocycles. The van der Waals surface area contributed by atoms with Crippen molar-refractivity contribution >= 4 is 0 Å². The molecule has 0 radical (unpaired) electrons. The predicted molar refractivity (Wildman–Crippen MR) is 254 cm³/mol. The molecule has 0 saturated heterocycles. The summed E-state index contributed by atoms with van der Waals surface area (Å²) in [4.78, 5) is 59.8. The predicted octanol–water partition coefficient (Wildman–Crippen LogP) is 9.35. The van der Waals surface area contributed by atoms with Crippen LogP contribution in [0.5, 0.6) is 0 Å². The molecule has 8 aromatic heterocycles. The van der Waals surface area contributed by atoms with Crippen LogP contribution in [0.25, 0.3) is 0 Å². The van der Waals surface area contributed by atoms with Crippen LogP contribution in [0, 0.1) is 111 Å². The Morgan fingerprint density at radius 1 is 0.250 bits per heavy atom. The fraction of sp³-hybridized carbons (Fsp3) is 0.327. The molecule has 0 fully saturated rings. The van der Waals surface area contributed by atoms with Crippen molar-refractivity contribution in [1.29, 1.82) is 0 Å². The van der Waals surface area contributed by atoms with Crippen molar-refractivity contribution in [3.63, 3.8) is 0 Å². The van der Waals surface area contributed by atoms with Gasteiger partial charge < -0.3 is 0 Å². The van der Waals surface area contributed by atoms with Crippen molar-refractivity contribution in [2.45, 2.75) is 111 Å². The molecule has 0 bridgehead atoms. The summed E-state index contributed by atoms with van der Waals surface area (Å²) in [5, 5.41) is 0. The zero-order chi connectivity index (χ0) is 47.9. The maximum atomic E-state index is 4.17. The molecule has 64 heavy (non-hydrogen) atoms. The third-order valence-electron chi connectivity index (χ3n) is 7.43. The maximum absolute atomic E-state index is 4.17. The minimum Gasteiger partial charge on any atom is -0.261 e. The van der Waals surface area contributed by atoms with E-state index in [-0.39, 0.29) is 0 Å². The normalized spacial score (nSPS) is 9.25. The van der Waals surface area contributed by atoms with E-state index in [1.165, 1.54) is 11.9 Å². The van der Waals surface area contributed by atoms with E-state index in [9.17, 15) is 0 Å². The topological polar surface area (TPSA) is 193 Å². The summed E-state index contributed by atoms with van der Waals surface area (Å²) >= 11 is 0. The molecule has 0 aliphatic rings. The quantitative estimate of drug-likeness (QED) is 0.140. The Morgan fingerprint density at radius 3 is 0.922 bits per heavy atom. The van der Waals surface area contributed by atoms with Gasteiger partial charge in [-0.15, -0.1) is 0 Å². The first-order chi connectivity index (χ1) is 30.3. The number of pyridine rings is 2. The minimum atomic E-state index is 0.775. The van der Waals surface area contributed by atoms with Crippen LogP contribution < -0.4 is 0 Å². The number of hydrogen-bond donors (Lipinski definition) is 0. The van der Waals surface area contributed by atoms with Gasteiger partial charge in [-0.05, 0) is 152 Å². The lowest BCUT2D eigenvalue weighted by Crippen LogP contribution is -1.91. The fourth-order valence-corrected chi connectivity index (χ4v) is 4.36. The van der Waals surface area contributed by atoms with Crippen LogP contribution in [0.15, 0.2) is 105 Å². The lowest BCUT2D eigenvalue weighted by atomic mass is 10.3. The molecule has 0 spiro atoms. The zero-order valence-electron chi connectivity index (χ0n) is 40.5. The third-order valence-corrected chi connectivity index (χ3v) is 7.43. The smallest absolute Gasteiger partial charge is 0.129 e. The van der Waals surface area contributed by atoms with E-state index in [1.807, 2.05) is 166 Å². The second-order valence-corrected chi connectivity index (χ2v) is 14.4. The van der Waals surface area contributed by atoms with Crippen LogP contribution in [0.3, 0.4) is 0 Å². The van der Waals surface area contributed by atoms with Crippen molar-refractivity contribution in [3.05, 3.63) is 196 Å². The zero-order valence-corrected chi connectivity index (χ0v) is 40.5. The highest BCUT2D eigenvalue weighted by Crippen LogP contribution is 1.96. The summed E-state index contributed by atoms with van der Waals surface area (Å²) in [6.45, 7) is 30.9. The average Bonchev–Trinajstić information content (AvgIpc) is 3.23. The molecule has 0 saturated carbocycles. The van der Waals surface area contributed by atoms with Crippen LogP contribution in [0.2, 0.25) is 0 Å². The van der Waals surface area contributed by atoms with Gasteiger partial charge in [-0.1, -0.05) is 12.1 Å². The van der Waals surface area contributed by atoms with Crippen LogP contribution in [-0.4, -0.2) is 74.8 Å². The van der Waals surface area contributed by atoms with Crippen LogP contribution >= 0.6 is 0 Å². The first kappa shape index (κ1) is 54.7. The summed E-state index contributed by atoms with van der Waals surface area (Å²) in [5.74, 6) is 4.06. The molecular formula is C49H65N15. The summed E-state index contributed by atoms with van der Waals surface area (Å²) < 4.78 is 0. The summed E-state index contributed by atoms with van der Waals surface area (Å²) in [6, 6.07) is 13.8. The molecule has 8 heterocycles. The van der Waals surface area contributed by atoms with E-state index in [0.717, 1.165) is 85.9 Å². The van der Waals surface area contributed by atoms with Gasteiger partial charge in [0.2, 0.25) is 0 Å². The van der Waals surface area contributed by atoms with Gasteiger partial charge in [-0.25, -0.2) is 44.9 Å². The molecular weight excluding hydrogens is 799 g/mol. The summed E-state index contributed by atoms with van der Waals surface area (Å²) in [5.41, 5.74) is 11.5. The number of aryl methyl sites for hydroxylation is 16. The van der Waals surface area contributed by atoms with Gasteiger partial charge in [0.15, 0.2) is 0 Å². The van der Waals surface area contributed by atoms with Gasteiger partial charge in [0.05, 0.1) is 22.8 Å². The Balaban J connectivity index is 0.000000366. The lowest BCUT2D eigenvalue weighted by molar-refractivity contribution is 0.920. The Labute approximate surface area is 380 Å². The van der Waals surface area contributed by atoms with Gasteiger partial charge >= 0.3 is 0 Å². The van der Waals surface area contributed by atoms with Gasteiger partial charge in [0.25, 0.3) is 0 Å². The van der Waals surface area contributed by atoms with E-state index in [1.54, 1.807) is 37.2 Å².